The Balaban J connectivity index is 1.81. The molecule has 0 aliphatic carbocycles. The van der Waals surface area contributed by atoms with Crippen LogP contribution in [0.4, 0.5) is 0 Å². The maximum absolute atomic E-state index is 11.9. The fraction of sp³-hybridized carbons (Fsp3) is 0.583. The van der Waals surface area contributed by atoms with Crippen molar-refractivity contribution < 1.29 is 13.2 Å². The zero-order valence-corrected chi connectivity index (χ0v) is 12.7. The number of amides is 1. The van der Waals surface area contributed by atoms with E-state index in [-0.39, 0.29) is 10.1 Å². The van der Waals surface area contributed by atoms with Crippen LogP contribution in [0.3, 0.4) is 0 Å². The number of nitrogens with two attached hydrogens (primary N) is 1. The number of rotatable bonds is 5. The quantitative estimate of drug-likeness (QED) is 0.736. The molecule has 1 amide bonds. The van der Waals surface area contributed by atoms with Crippen LogP contribution in [0.1, 0.15) is 29.6 Å². The fourth-order valence-corrected chi connectivity index (χ4v) is 3.83. The van der Waals surface area contributed by atoms with Gasteiger partial charge in [-0.1, -0.05) is 0 Å². The van der Waals surface area contributed by atoms with Crippen LogP contribution < -0.4 is 15.8 Å². The summed E-state index contributed by atoms with van der Waals surface area (Å²) >= 11 is 0.963. The molecule has 0 saturated carbocycles. The Labute approximate surface area is 122 Å². The summed E-state index contributed by atoms with van der Waals surface area (Å²) in [4.78, 5) is 11.9. The van der Waals surface area contributed by atoms with Gasteiger partial charge in [0.05, 0.1) is 5.56 Å². The van der Waals surface area contributed by atoms with E-state index in [1.54, 1.807) is 0 Å². The lowest BCUT2D eigenvalue weighted by molar-refractivity contribution is 0.0951. The van der Waals surface area contributed by atoms with E-state index in [9.17, 15) is 13.2 Å². The number of primary sulfonamides is 1. The average Bonchev–Trinajstić information content (AvgIpc) is 2.89. The molecule has 1 aromatic rings. The minimum Gasteiger partial charge on any atom is -0.352 e. The minimum atomic E-state index is -3.72. The van der Waals surface area contributed by atoms with Crippen molar-refractivity contribution in [3.05, 3.63) is 17.0 Å². The molecular formula is C12H19N3O3S2. The molecule has 0 spiro atoms. The van der Waals surface area contributed by atoms with Gasteiger partial charge in [-0.25, -0.2) is 13.6 Å². The van der Waals surface area contributed by atoms with Gasteiger partial charge in [0.25, 0.3) is 5.91 Å². The number of carbonyl (C=O) groups is 1. The molecular weight excluding hydrogens is 298 g/mol. The van der Waals surface area contributed by atoms with E-state index in [2.05, 4.69) is 10.6 Å². The van der Waals surface area contributed by atoms with Crippen molar-refractivity contribution in [2.24, 2.45) is 11.1 Å². The van der Waals surface area contributed by atoms with E-state index in [4.69, 9.17) is 5.14 Å². The summed E-state index contributed by atoms with van der Waals surface area (Å²) in [6.07, 6.45) is 3.31. The number of nitrogens with one attached hydrogen (secondary N) is 2. The van der Waals surface area contributed by atoms with Crippen LogP contribution in [0, 0.1) is 5.92 Å². The molecule has 2 heterocycles. The number of sulfonamides is 1. The molecule has 1 atom stereocenters. The van der Waals surface area contributed by atoms with Gasteiger partial charge >= 0.3 is 0 Å². The Bertz CT molecular complexity index is 562. The number of thiophene rings is 1. The van der Waals surface area contributed by atoms with Crippen LogP contribution >= 0.6 is 11.3 Å². The molecule has 1 fully saturated rings. The third-order valence-corrected chi connectivity index (χ3v) is 5.74. The predicted molar refractivity (Wildman–Crippen MR) is 78.2 cm³/mol. The average molecular weight is 317 g/mol. The number of piperidine rings is 1. The smallest absolute Gasteiger partial charge is 0.252 e. The Hall–Kier alpha value is -0.960. The minimum absolute atomic E-state index is 0.0131. The van der Waals surface area contributed by atoms with Gasteiger partial charge in [0, 0.05) is 11.9 Å². The lowest BCUT2D eigenvalue weighted by Gasteiger charge is -2.22. The molecule has 1 saturated heterocycles. The first kappa shape index (κ1) is 15.4. The zero-order valence-electron chi connectivity index (χ0n) is 11.1. The summed E-state index contributed by atoms with van der Waals surface area (Å²) in [6, 6.07) is 1.32. The number of carbonyl (C=O) groups excluding carboxylic acids is 1. The maximum Gasteiger partial charge on any atom is 0.252 e. The first-order valence-electron chi connectivity index (χ1n) is 6.57. The van der Waals surface area contributed by atoms with Crippen molar-refractivity contribution in [2.75, 3.05) is 19.6 Å². The molecule has 112 valence electrons. The highest BCUT2D eigenvalue weighted by molar-refractivity contribution is 7.91. The molecule has 4 N–H and O–H groups in total. The van der Waals surface area contributed by atoms with Crippen molar-refractivity contribution in [1.82, 2.24) is 10.6 Å². The second-order valence-corrected chi connectivity index (χ2v) is 7.66. The van der Waals surface area contributed by atoms with Gasteiger partial charge in [-0.2, -0.15) is 0 Å². The Morgan fingerprint density at radius 3 is 2.95 bits per heavy atom. The van der Waals surface area contributed by atoms with Crippen LogP contribution in [0.5, 0.6) is 0 Å². The van der Waals surface area contributed by atoms with E-state index < -0.39 is 10.0 Å². The molecule has 0 aromatic carbocycles. The number of hydrogen-bond acceptors (Lipinski definition) is 5. The molecule has 0 radical (unpaired) electrons. The van der Waals surface area contributed by atoms with Gasteiger partial charge in [0.2, 0.25) is 10.0 Å². The lowest BCUT2D eigenvalue weighted by atomic mass is 9.96. The van der Waals surface area contributed by atoms with Gasteiger partial charge in [-0.3, -0.25) is 4.79 Å². The van der Waals surface area contributed by atoms with E-state index in [1.807, 2.05) is 0 Å². The third kappa shape index (κ3) is 4.27. The van der Waals surface area contributed by atoms with Crippen molar-refractivity contribution in [2.45, 2.75) is 23.5 Å². The lowest BCUT2D eigenvalue weighted by Crippen LogP contribution is -2.33. The molecule has 1 unspecified atom stereocenters. The predicted octanol–water partition coefficient (Wildman–Crippen LogP) is 0.515. The molecule has 1 aliphatic heterocycles. The highest BCUT2D eigenvalue weighted by atomic mass is 32.2. The largest absolute Gasteiger partial charge is 0.352 e. The van der Waals surface area contributed by atoms with Crippen molar-refractivity contribution in [1.29, 1.82) is 0 Å². The molecule has 20 heavy (non-hydrogen) atoms. The Morgan fingerprint density at radius 2 is 2.35 bits per heavy atom. The summed E-state index contributed by atoms with van der Waals surface area (Å²) in [6.45, 7) is 2.68. The van der Waals surface area contributed by atoms with Gasteiger partial charge in [0.1, 0.15) is 4.21 Å². The van der Waals surface area contributed by atoms with Gasteiger partial charge in [-0.15, -0.1) is 11.3 Å². The van der Waals surface area contributed by atoms with Crippen LogP contribution in [0.25, 0.3) is 0 Å². The highest BCUT2D eigenvalue weighted by Crippen LogP contribution is 2.19. The van der Waals surface area contributed by atoms with E-state index >= 15 is 0 Å². The molecule has 8 heteroatoms. The molecule has 6 nitrogen and oxygen atoms in total. The standard InChI is InChI=1S/C12H19N3O3S2/c13-20(17,18)11-6-10(8-19-11)12(16)15-5-3-9-2-1-4-14-7-9/h6,8-9,14H,1-5,7H2,(H,15,16)(H2,13,17,18). The second-order valence-electron chi connectivity index (χ2n) is 4.96. The van der Waals surface area contributed by atoms with Crippen molar-refractivity contribution in [3.8, 4) is 0 Å². The summed E-state index contributed by atoms with van der Waals surface area (Å²) in [5, 5.41) is 12.7. The van der Waals surface area contributed by atoms with Gasteiger partial charge < -0.3 is 10.6 Å². The summed E-state index contributed by atoms with van der Waals surface area (Å²) in [5.74, 6) is 0.353. The monoisotopic (exact) mass is 317 g/mol. The first-order valence-corrected chi connectivity index (χ1v) is 8.99. The van der Waals surface area contributed by atoms with E-state index in [0.29, 0.717) is 18.0 Å². The van der Waals surface area contributed by atoms with Crippen LogP contribution in [0.15, 0.2) is 15.7 Å². The number of hydrogen-bond donors (Lipinski definition) is 3. The third-order valence-electron chi connectivity index (χ3n) is 3.36. The molecule has 2 rings (SSSR count). The van der Waals surface area contributed by atoms with Gasteiger partial charge in [0.15, 0.2) is 0 Å². The molecule has 0 bridgehead atoms. The van der Waals surface area contributed by atoms with Crippen molar-refractivity contribution >= 4 is 27.3 Å². The molecule has 1 aliphatic rings. The van der Waals surface area contributed by atoms with Crippen LogP contribution in [0.2, 0.25) is 0 Å². The zero-order chi connectivity index (χ0) is 14.6. The topological polar surface area (TPSA) is 101 Å². The van der Waals surface area contributed by atoms with E-state index in [1.165, 1.54) is 24.3 Å². The summed E-state index contributed by atoms with van der Waals surface area (Å²) in [7, 11) is -3.72. The fourth-order valence-electron chi connectivity index (χ4n) is 2.25. The summed E-state index contributed by atoms with van der Waals surface area (Å²) in [5.41, 5.74) is 0.348. The maximum atomic E-state index is 11.9. The SMILES string of the molecule is NS(=O)(=O)c1cc(C(=O)NCCC2CCCNC2)cs1. The Morgan fingerprint density at radius 1 is 1.55 bits per heavy atom. The second kappa shape index (κ2) is 6.66. The normalized spacial score (nSPS) is 19.8. The molecule has 1 aromatic heterocycles. The van der Waals surface area contributed by atoms with E-state index in [0.717, 1.165) is 30.8 Å². The van der Waals surface area contributed by atoms with Crippen LogP contribution in [-0.2, 0) is 10.0 Å². The van der Waals surface area contributed by atoms with Crippen molar-refractivity contribution in [3.63, 3.8) is 0 Å². The summed E-state index contributed by atoms with van der Waals surface area (Å²) < 4.78 is 22.3. The first-order chi connectivity index (χ1) is 9.47. The van der Waals surface area contributed by atoms with Gasteiger partial charge in [-0.05, 0) is 44.3 Å². The van der Waals surface area contributed by atoms with Crippen LogP contribution in [-0.4, -0.2) is 34.0 Å². The Kier molecular flexibility index (Phi) is 5.14. The highest BCUT2D eigenvalue weighted by Gasteiger charge is 2.16.